The normalized spacial score (nSPS) is 11.9. The van der Waals surface area contributed by atoms with Crippen LogP contribution in [0.4, 0.5) is 0 Å². The van der Waals surface area contributed by atoms with Crippen molar-refractivity contribution in [1.29, 1.82) is 0 Å². The van der Waals surface area contributed by atoms with Crippen molar-refractivity contribution in [2.24, 2.45) is 0 Å². The lowest BCUT2D eigenvalue weighted by Crippen LogP contribution is -2.00. The molecule has 0 amide bonds. The Kier molecular flexibility index (Phi) is 7.17. The zero-order valence-corrected chi connectivity index (χ0v) is 31.7. The average Bonchev–Trinajstić information content (AvgIpc) is 3.97. The van der Waals surface area contributed by atoms with Crippen LogP contribution in [-0.2, 0) is 0 Å². The highest BCUT2D eigenvalue weighted by Gasteiger charge is 2.21. The molecule has 0 bridgehead atoms. The molecule has 12 aromatic rings. The van der Waals surface area contributed by atoms with Gasteiger partial charge in [-0.2, -0.15) is 0 Å². The number of hydrogen-bond acceptors (Lipinski definition) is 8. The number of fused-ring (bicyclic) bond motifs is 9. The van der Waals surface area contributed by atoms with Crippen molar-refractivity contribution in [3.8, 4) is 56.8 Å². The largest absolute Gasteiger partial charge is 0.452 e. The molecule has 0 saturated heterocycles. The van der Waals surface area contributed by atoms with Crippen molar-refractivity contribution in [2.45, 2.75) is 0 Å². The van der Waals surface area contributed by atoms with Crippen LogP contribution in [-0.4, -0.2) is 24.9 Å². The van der Waals surface area contributed by atoms with E-state index in [0.717, 1.165) is 70.2 Å². The molecule has 57 heavy (non-hydrogen) atoms. The van der Waals surface area contributed by atoms with Crippen LogP contribution in [0.2, 0.25) is 0 Å². The molecular weight excluding hydrogens is 739 g/mol. The van der Waals surface area contributed by atoms with Gasteiger partial charge in [0.15, 0.2) is 28.9 Å². The summed E-state index contributed by atoms with van der Waals surface area (Å²) >= 11 is 3.55. The molecule has 6 nitrogen and oxygen atoms in total. The van der Waals surface area contributed by atoms with Crippen molar-refractivity contribution in [3.63, 3.8) is 0 Å². The molecule has 0 unspecified atom stereocenters. The van der Waals surface area contributed by atoms with Gasteiger partial charge in [0.2, 0.25) is 0 Å². The molecule has 0 aliphatic rings. The Morgan fingerprint density at radius 2 is 1.00 bits per heavy atom. The maximum atomic E-state index is 6.39. The monoisotopic (exact) mass is 765 g/mol. The molecule has 0 aliphatic heterocycles. The second-order valence-corrected chi connectivity index (χ2v) is 16.2. The summed E-state index contributed by atoms with van der Waals surface area (Å²) in [5, 5.41) is 5.66. The Bertz CT molecular complexity index is 3540. The van der Waals surface area contributed by atoms with Crippen LogP contribution in [0, 0.1) is 0 Å². The zero-order valence-electron chi connectivity index (χ0n) is 30.0. The number of benzene rings is 7. The van der Waals surface area contributed by atoms with Gasteiger partial charge in [0.05, 0.1) is 0 Å². The van der Waals surface area contributed by atoms with Crippen LogP contribution in [0.25, 0.3) is 119 Å². The van der Waals surface area contributed by atoms with Crippen LogP contribution in [0.15, 0.2) is 168 Å². The van der Waals surface area contributed by atoms with Gasteiger partial charge in [-0.05, 0) is 48.5 Å². The number of nitrogens with zero attached hydrogens (tertiary/aromatic N) is 5. The SMILES string of the molecule is c1ccc(-c2nc(-c3ccc4c(c3)sc3cccc(-c5nc(-c6ccccc6)c6oc7ccccc7c6n5)c34)nc(-c3ccc4sc5ccccc5c4c3)n2)cc1. The second kappa shape index (κ2) is 12.7. The topological polar surface area (TPSA) is 77.6 Å². The lowest BCUT2D eigenvalue weighted by Gasteiger charge is -2.09. The van der Waals surface area contributed by atoms with E-state index in [0.29, 0.717) is 28.9 Å². The highest BCUT2D eigenvalue weighted by Crippen LogP contribution is 2.43. The summed E-state index contributed by atoms with van der Waals surface area (Å²) in [6.07, 6.45) is 0. The highest BCUT2D eigenvalue weighted by atomic mass is 32.1. The molecule has 0 radical (unpaired) electrons. The fourth-order valence-electron chi connectivity index (χ4n) is 7.87. The summed E-state index contributed by atoms with van der Waals surface area (Å²) in [7, 11) is 0. The van der Waals surface area contributed by atoms with Gasteiger partial charge in [-0.15, -0.1) is 22.7 Å². The number of thiophene rings is 2. The third kappa shape index (κ3) is 5.26. The van der Waals surface area contributed by atoms with E-state index in [1.54, 1.807) is 22.7 Å². The number of furan rings is 1. The van der Waals surface area contributed by atoms with E-state index >= 15 is 0 Å². The summed E-state index contributed by atoms with van der Waals surface area (Å²) in [6, 6.07) is 56.4. The van der Waals surface area contributed by atoms with E-state index in [1.807, 2.05) is 66.7 Å². The number of aromatic nitrogens is 5. The molecule has 0 saturated carbocycles. The molecule has 0 fully saturated rings. The van der Waals surface area contributed by atoms with Gasteiger partial charge in [-0.3, -0.25) is 0 Å². The fourth-order valence-corrected chi connectivity index (χ4v) is 10.1. The third-order valence-corrected chi connectivity index (χ3v) is 12.8. The van der Waals surface area contributed by atoms with Crippen LogP contribution in [0.1, 0.15) is 0 Å². The molecule has 0 atom stereocenters. The van der Waals surface area contributed by atoms with Crippen molar-refractivity contribution in [2.75, 3.05) is 0 Å². The minimum Gasteiger partial charge on any atom is -0.452 e. The number of hydrogen-bond donors (Lipinski definition) is 0. The Morgan fingerprint density at radius 3 is 1.82 bits per heavy atom. The van der Waals surface area contributed by atoms with E-state index in [2.05, 4.69) is 97.1 Å². The first kappa shape index (κ1) is 32.1. The number of para-hydroxylation sites is 1. The lowest BCUT2D eigenvalue weighted by molar-refractivity contribution is 0.667. The first-order valence-corrected chi connectivity index (χ1v) is 20.3. The van der Waals surface area contributed by atoms with Crippen LogP contribution in [0.3, 0.4) is 0 Å². The first-order chi connectivity index (χ1) is 28.2. The first-order valence-electron chi connectivity index (χ1n) is 18.7. The van der Waals surface area contributed by atoms with Gasteiger partial charge in [0.1, 0.15) is 16.8 Å². The Morgan fingerprint density at radius 1 is 0.368 bits per heavy atom. The predicted molar refractivity (Wildman–Crippen MR) is 236 cm³/mol. The Labute approximate surface area is 333 Å². The smallest absolute Gasteiger partial charge is 0.180 e. The third-order valence-electron chi connectivity index (χ3n) is 10.6. The van der Waals surface area contributed by atoms with E-state index in [-0.39, 0.29) is 0 Å². The number of rotatable bonds is 5. The van der Waals surface area contributed by atoms with Gasteiger partial charge >= 0.3 is 0 Å². The van der Waals surface area contributed by atoms with Crippen LogP contribution < -0.4 is 0 Å². The molecule has 7 aromatic carbocycles. The standard InChI is InChI=1S/C49H27N5OS2/c1-3-12-28(13-4-1)43-45-44(33-17-7-9-19-37(33)55-45)51-49(50-43)35-18-11-21-40-42(35)34-24-22-31(27-41(34)57-40)48-53-46(29-14-5-2-6-15-29)52-47(54-48)30-23-25-39-36(26-30)32-16-8-10-20-38(32)56-39/h1-27H. The highest BCUT2D eigenvalue weighted by molar-refractivity contribution is 7.26. The molecule has 0 aliphatic carbocycles. The maximum Gasteiger partial charge on any atom is 0.180 e. The molecule has 5 heterocycles. The molecule has 12 rings (SSSR count). The van der Waals surface area contributed by atoms with Crippen LogP contribution >= 0.6 is 22.7 Å². The molecular formula is C49H27N5OS2. The van der Waals surface area contributed by atoms with Crippen molar-refractivity contribution >= 4 is 85.1 Å². The zero-order chi connectivity index (χ0) is 37.5. The van der Waals surface area contributed by atoms with Gasteiger partial charge in [0, 0.05) is 73.5 Å². The summed E-state index contributed by atoms with van der Waals surface area (Å²) < 4.78 is 11.2. The van der Waals surface area contributed by atoms with Gasteiger partial charge < -0.3 is 4.42 Å². The summed E-state index contributed by atoms with van der Waals surface area (Å²) in [5.41, 5.74) is 7.83. The van der Waals surface area contributed by atoms with Crippen molar-refractivity contribution < 1.29 is 4.42 Å². The maximum absolute atomic E-state index is 6.39. The van der Waals surface area contributed by atoms with Crippen molar-refractivity contribution in [3.05, 3.63) is 164 Å². The average molecular weight is 766 g/mol. The quantitative estimate of drug-likeness (QED) is 0.174. The van der Waals surface area contributed by atoms with E-state index in [9.17, 15) is 0 Å². The fraction of sp³-hybridized carbons (Fsp3) is 0. The lowest BCUT2D eigenvalue weighted by atomic mass is 10.0. The molecule has 0 spiro atoms. The van der Waals surface area contributed by atoms with E-state index in [1.165, 1.54) is 20.2 Å². The Hall–Kier alpha value is -7.13. The minimum absolute atomic E-state index is 0.627. The Balaban J connectivity index is 1.03. The molecule has 5 aromatic heterocycles. The van der Waals surface area contributed by atoms with Crippen LogP contribution in [0.5, 0.6) is 0 Å². The molecule has 266 valence electrons. The summed E-state index contributed by atoms with van der Waals surface area (Å²) in [4.78, 5) is 25.7. The second-order valence-electron chi connectivity index (χ2n) is 14.0. The van der Waals surface area contributed by atoms with Gasteiger partial charge in [-0.1, -0.05) is 115 Å². The van der Waals surface area contributed by atoms with Crippen molar-refractivity contribution in [1.82, 2.24) is 24.9 Å². The summed E-state index contributed by atoms with van der Waals surface area (Å²) in [5.74, 6) is 2.57. The molecule has 8 heteroatoms. The minimum atomic E-state index is 0.627. The van der Waals surface area contributed by atoms with Gasteiger partial charge in [0.25, 0.3) is 0 Å². The molecule has 0 N–H and O–H groups in total. The summed E-state index contributed by atoms with van der Waals surface area (Å²) in [6.45, 7) is 0. The van der Waals surface area contributed by atoms with E-state index < -0.39 is 0 Å². The predicted octanol–water partition coefficient (Wildman–Crippen LogP) is 13.6. The van der Waals surface area contributed by atoms with Gasteiger partial charge in [-0.25, -0.2) is 24.9 Å². The van der Waals surface area contributed by atoms with E-state index in [4.69, 9.17) is 29.3 Å².